The van der Waals surface area contributed by atoms with Crippen LogP contribution in [0.25, 0.3) is 0 Å². The number of halogens is 10. The van der Waals surface area contributed by atoms with Gasteiger partial charge in [-0.15, -0.1) is 0 Å². The Morgan fingerprint density at radius 3 is 1.16 bits per heavy atom. The highest BCUT2D eigenvalue weighted by molar-refractivity contribution is 7.89. The van der Waals surface area contributed by atoms with Crippen molar-refractivity contribution in [1.82, 2.24) is 12.9 Å². The zero-order chi connectivity index (χ0) is 65.6. The van der Waals surface area contributed by atoms with Crippen molar-refractivity contribution in [3.05, 3.63) is 175 Å². The molecular formula is C58H58Cl2F8N6O12S3. The molecule has 3 saturated heterocycles. The van der Waals surface area contributed by atoms with Gasteiger partial charge in [-0.25, -0.2) is 60.4 Å². The van der Waals surface area contributed by atoms with Gasteiger partial charge in [0.05, 0.1) is 38.1 Å². The Morgan fingerprint density at radius 1 is 0.461 bits per heavy atom. The minimum absolute atomic E-state index is 0.0233. The maximum atomic E-state index is 13.5. The topological polar surface area (TPSA) is 260 Å². The molecule has 0 spiro atoms. The molecule has 3 heterocycles. The summed E-state index contributed by atoms with van der Waals surface area (Å²) in [6.45, 7) is 5.95. The van der Waals surface area contributed by atoms with E-state index in [0.29, 0.717) is 67.5 Å². The molecule has 31 heteroatoms. The SMILES string of the molecule is CCC1CN(S(=O)(=O)c2cc(C(=O)Nc3cc(F)c(F)c(F)c3)ccc2Cl)CCC1O.Cc1ccc(C(=O)Nc2cc(F)c(F)c(Cl)c2)cc1S(=O)(=O)N1CCC(O)CC1.Cc1ccc(C(=O)Nc2cc(F)c(F)c(F)c2)cc1S(=O)(=O)N1CCC(O)CC1. The molecular weight excluding hydrogens is 1290 g/mol. The Kier molecular flexibility index (Phi) is 22.8. The number of benzene rings is 6. The molecule has 2 atom stereocenters. The molecule has 3 aliphatic rings. The van der Waals surface area contributed by atoms with Crippen LogP contribution in [0.5, 0.6) is 0 Å². The van der Waals surface area contributed by atoms with Gasteiger partial charge in [-0.2, -0.15) is 12.9 Å². The van der Waals surface area contributed by atoms with Crippen LogP contribution in [0, 0.1) is 66.3 Å². The van der Waals surface area contributed by atoms with Gasteiger partial charge in [0.1, 0.15) is 4.90 Å². The van der Waals surface area contributed by atoms with Gasteiger partial charge in [0.2, 0.25) is 30.1 Å². The van der Waals surface area contributed by atoms with E-state index in [4.69, 9.17) is 23.2 Å². The molecule has 0 bridgehead atoms. The summed E-state index contributed by atoms with van der Waals surface area (Å²) in [4.78, 5) is 37.1. The number of anilines is 3. The average molecular weight is 1350 g/mol. The number of carbonyl (C=O) groups excluding carboxylic acids is 3. The van der Waals surface area contributed by atoms with Crippen molar-refractivity contribution >= 4 is 88.1 Å². The normalized spacial score (nSPS) is 17.4. The second-order valence-corrected chi connectivity index (χ2v) is 27.4. The lowest BCUT2D eigenvalue weighted by Crippen LogP contribution is -2.45. The lowest BCUT2D eigenvalue weighted by atomic mass is 9.94. The Hall–Kier alpha value is -6.64. The maximum Gasteiger partial charge on any atom is 0.255 e. The van der Waals surface area contributed by atoms with E-state index in [-0.39, 0.29) is 105 Å². The number of rotatable bonds is 13. The van der Waals surface area contributed by atoms with Crippen LogP contribution < -0.4 is 16.0 Å². The van der Waals surface area contributed by atoms with Crippen molar-refractivity contribution in [1.29, 1.82) is 0 Å². The summed E-state index contributed by atoms with van der Waals surface area (Å²) in [6.07, 6.45) is 0.524. The lowest BCUT2D eigenvalue weighted by Gasteiger charge is -2.35. The van der Waals surface area contributed by atoms with Crippen LogP contribution in [0.1, 0.15) is 87.6 Å². The summed E-state index contributed by atoms with van der Waals surface area (Å²) in [5, 5.41) is 35.4. The van der Waals surface area contributed by atoms with Gasteiger partial charge < -0.3 is 31.3 Å². The first-order chi connectivity index (χ1) is 41.7. The van der Waals surface area contributed by atoms with Crippen LogP contribution in [0.15, 0.2) is 106 Å². The Labute approximate surface area is 517 Å². The zero-order valence-corrected chi connectivity index (χ0v) is 51.3. The van der Waals surface area contributed by atoms with Crippen LogP contribution in [-0.2, 0) is 30.1 Å². The highest BCUT2D eigenvalue weighted by atomic mass is 35.5. The molecule has 3 amide bonds. The molecule has 3 fully saturated rings. The van der Waals surface area contributed by atoms with Gasteiger partial charge in [0.25, 0.3) is 17.7 Å². The third-order valence-electron chi connectivity index (χ3n) is 14.7. The summed E-state index contributed by atoms with van der Waals surface area (Å²) in [7, 11) is -11.8. The second-order valence-electron chi connectivity index (χ2n) is 20.9. The number of nitrogens with one attached hydrogen (secondary N) is 3. The van der Waals surface area contributed by atoms with E-state index < -0.39 is 118 Å². The van der Waals surface area contributed by atoms with Crippen molar-refractivity contribution in [2.24, 2.45) is 5.92 Å². The smallest absolute Gasteiger partial charge is 0.255 e. The standard InChI is InChI=1S/C20H20ClF3N2O4S.C19H19ClF2N2O4S.C19H19F3N2O4S/c1-2-11-10-26(6-5-17(11)27)31(29,30)18-7-12(3-4-14(18)21)20(28)25-13-8-15(22)19(24)16(23)9-13;2*1-11-2-3-12(19(26)23-13-9-15(20)18(22)16(21)10-13)8-17(11)29(27,28)24-6-4-14(25)5-7-24/h3-4,7-9,11,17,27H,2,5-6,10H2,1H3,(H,25,28);2*2-3,8-10,14,25H,4-7H2,1H3,(H,23,26). The van der Waals surface area contributed by atoms with Gasteiger partial charge in [-0.1, -0.05) is 42.3 Å². The second kappa shape index (κ2) is 29.1. The van der Waals surface area contributed by atoms with E-state index in [1.165, 1.54) is 61.4 Å². The number of aryl methyl sites for hydroxylation is 2. The molecule has 3 aliphatic heterocycles. The van der Waals surface area contributed by atoms with Crippen LogP contribution in [0.2, 0.25) is 10.0 Å². The Bertz CT molecular complexity index is 3800. The van der Waals surface area contributed by atoms with Crippen molar-refractivity contribution in [3.8, 4) is 0 Å². The summed E-state index contributed by atoms with van der Waals surface area (Å²) in [5.41, 5.74) is 0.0441. The molecule has 6 aromatic rings. The first-order valence-corrected chi connectivity index (χ1v) is 32.2. The van der Waals surface area contributed by atoms with Crippen molar-refractivity contribution in [2.45, 2.75) is 92.3 Å². The molecule has 2 unspecified atom stereocenters. The van der Waals surface area contributed by atoms with Gasteiger partial charge in [0, 0.05) is 103 Å². The predicted molar refractivity (Wildman–Crippen MR) is 313 cm³/mol. The minimum atomic E-state index is -4.07. The number of amides is 3. The molecule has 0 radical (unpaired) electrons. The minimum Gasteiger partial charge on any atom is -0.393 e. The number of nitrogens with zero attached hydrogens (tertiary/aromatic N) is 3. The van der Waals surface area contributed by atoms with Crippen molar-refractivity contribution in [3.63, 3.8) is 0 Å². The number of piperidine rings is 3. The first kappa shape index (κ1) is 69.8. The maximum absolute atomic E-state index is 13.5. The fourth-order valence-electron chi connectivity index (χ4n) is 9.56. The highest BCUT2D eigenvalue weighted by Crippen LogP contribution is 2.33. The molecule has 0 aromatic heterocycles. The predicted octanol–water partition coefficient (Wildman–Crippen LogP) is 9.93. The Morgan fingerprint density at radius 2 is 0.787 bits per heavy atom. The monoisotopic (exact) mass is 1350 g/mol. The summed E-state index contributed by atoms with van der Waals surface area (Å²) < 4.78 is 188. The van der Waals surface area contributed by atoms with Crippen molar-refractivity contribution < 1.29 is 90.1 Å². The van der Waals surface area contributed by atoms with Crippen LogP contribution >= 0.6 is 23.2 Å². The number of hydrogen-bond donors (Lipinski definition) is 6. The van der Waals surface area contributed by atoms with Crippen LogP contribution in [0.4, 0.5) is 52.2 Å². The fraction of sp³-hybridized carbons (Fsp3) is 0.328. The largest absolute Gasteiger partial charge is 0.393 e. The van der Waals surface area contributed by atoms with Gasteiger partial charge >= 0.3 is 0 Å². The molecule has 6 aromatic carbocycles. The zero-order valence-electron chi connectivity index (χ0n) is 47.3. The number of carbonyl (C=O) groups is 3. The molecule has 18 nitrogen and oxygen atoms in total. The van der Waals surface area contributed by atoms with E-state index >= 15 is 0 Å². The first-order valence-electron chi connectivity index (χ1n) is 27.2. The van der Waals surface area contributed by atoms with E-state index in [0.717, 1.165) is 18.2 Å². The Balaban J connectivity index is 0.000000190. The van der Waals surface area contributed by atoms with Gasteiger partial charge in [-0.3, -0.25) is 14.4 Å². The molecule has 9 rings (SSSR count). The highest BCUT2D eigenvalue weighted by Gasteiger charge is 2.36. The quantitative estimate of drug-likeness (QED) is 0.0466. The fourth-order valence-corrected chi connectivity index (χ4v) is 15.2. The summed E-state index contributed by atoms with van der Waals surface area (Å²) in [5.74, 6) is -14.2. The number of aliphatic hydroxyl groups excluding tert-OH is 3. The van der Waals surface area contributed by atoms with Gasteiger partial charge in [0.15, 0.2) is 46.5 Å². The van der Waals surface area contributed by atoms with E-state index in [1.807, 2.05) is 6.92 Å². The third-order valence-corrected chi connectivity index (χ3v) is 21.4. The third kappa shape index (κ3) is 16.7. The number of aliphatic hydroxyl groups is 3. The lowest BCUT2D eigenvalue weighted by molar-refractivity contribution is 0.0520. The van der Waals surface area contributed by atoms with Crippen molar-refractivity contribution in [2.75, 3.05) is 55.2 Å². The van der Waals surface area contributed by atoms with Gasteiger partial charge in [-0.05, 0) is 118 Å². The van der Waals surface area contributed by atoms with E-state index in [1.54, 1.807) is 13.8 Å². The van der Waals surface area contributed by atoms with E-state index in [9.17, 15) is 90.1 Å². The molecule has 0 aliphatic carbocycles. The molecule has 480 valence electrons. The summed E-state index contributed by atoms with van der Waals surface area (Å²) in [6, 6.07) is 16.0. The van der Waals surface area contributed by atoms with Crippen LogP contribution in [-0.4, -0.2) is 129 Å². The number of sulfonamides is 3. The van der Waals surface area contributed by atoms with E-state index in [2.05, 4.69) is 16.0 Å². The molecule has 0 saturated carbocycles. The van der Waals surface area contributed by atoms with Crippen LogP contribution in [0.3, 0.4) is 0 Å². The summed E-state index contributed by atoms with van der Waals surface area (Å²) >= 11 is 11.7. The average Bonchev–Trinajstić information content (AvgIpc) is 0.886. The molecule has 6 N–H and O–H groups in total. The number of hydrogen-bond acceptors (Lipinski definition) is 12. The molecule has 89 heavy (non-hydrogen) atoms.